The molecule has 2 aromatic heterocycles. The number of hydrogen-bond acceptors (Lipinski definition) is 3. The molecule has 2 aromatic rings. The van der Waals surface area contributed by atoms with Crippen molar-refractivity contribution in [3.63, 3.8) is 0 Å². The molecular weight excluding hydrogens is 212 g/mol. The number of hydrogen-bond donors (Lipinski definition) is 1. The highest BCUT2D eigenvalue weighted by molar-refractivity contribution is 7.10. The van der Waals surface area contributed by atoms with Crippen molar-refractivity contribution in [2.75, 3.05) is 0 Å². The van der Waals surface area contributed by atoms with Gasteiger partial charge in [-0.15, -0.1) is 11.3 Å². The molecule has 0 unspecified atom stereocenters. The van der Waals surface area contributed by atoms with Crippen LogP contribution in [0.15, 0.2) is 24.0 Å². The van der Waals surface area contributed by atoms with Crippen LogP contribution in [0.2, 0.25) is 0 Å². The Morgan fingerprint density at radius 1 is 1.67 bits per heavy atom. The van der Waals surface area contributed by atoms with Gasteiger partial charge in [0.25, 0.3) is 0 Å². The van der Waals surface area contributed by atoms with Crippen LogP contribution in [0.25, 0.3) is 0 Å². The molecule has 2 rings (SSSR count). The average Bonchev–Trinajstić information content (AvgIpc) is 2.76. The number of carboxylic acid groups (broad SMARTS) is 1. The monoisotopic (exact) mass is 222 g/mol. The number of imidazole rings is 1. The molecule has 0 aliphatic rings. The lowest BCUT2D eigenvalue weighted by Crippen LogP contribution is -1.97. The summed E-state index contributed by atoms with van der Waals surface area (Å²) in [7, 11) is 0. The Hall–Kier alpha value is -1.62. The number of carboxylic acids is 1. The van der Waals surface area contributed by atoms with E-state index in [0.717, 1.165) is 0 Å². The highest BCUT2D eigenvalue weighted by atomic mass is 32.1. The summed E-state index contributed by atoms with van der Waals surface area (Å²) in [5, 5.41) is 10.8. The zero-order valence-electron chi connectivity index (χ0n) is 8.17. The number of rotatable bonds is 3. The van der Waals surface area contributed by atoms with E-state index in [4.69, 9.17) is 5.11 Å². The molecule has 1 N–H and O–H groups in total. The fraction of sp³-hybridized carbons (Fsp3) is 0.200. The molecule has 4 nitrogen and oxygen atoms in total. The lowest BCUT2D eigenvalue weighted by Gasteiger charge is -1.96. The second-order valence-electron chi connectivity index (χ2n) is 3.33. The Morgan fingerprint density at radius 3 is 3.00 bits per heavy atom. The topological polar surface area (TPSA) is 55.1 Å². The molecule has 0 atom stereocenters. The molecule has 0 aromatic carbocycles. The van der Waals surface area contributed by atoms with E-state index in [1.165, 1.54) is 16.6 Å². The standard InChI is InChI=1S/C10H10N2O2S/c1-7-2-8(15-5-7)3-12-4-9(10(13)14)11-6-12/h2,4-6H,3H2,1H3,(H,13,14). The lowest BCUT2D eigenvalue weighted by molar-refractivity contribution is 0.0691. The summed E-state index contributed by atoms with van der Waals surface area (Å²) in [5.74, 6) is -0.990. The fourth-order valence-corrected chi connectivity index (χ4v) is 2.19. The first-order valence-electron chi connectivity index (χ1n) is 4.44. The van der Waals surface area contributed by atoms with Crippen LogP contribution in [0.3, 0.4) is 0 Å². The first-order chi connectivity index (χ1) is 7.15. The Balaban J connectivity index is 2.14. The van der Waals surface area contributed by atoms with Gasteiger partial charge in [0.05, 0.1) is 12.9 Å². The van der Waals surface area contributed by atoms with Crippen LogP contribution in [0.4, 0.5) is 0 Å². The summed E-state index contributed by atoms with van der Waals surface area (Å²) in [4.78, 5) is 15.6. The Bertz CT molecular complexity index is 487. The maximum atomic E-state index is 10.6. The molecule has 78 valence electrons. The molecule has 2 heterocycles. The smallest absolute Gasteiger partial charge is 0.356 e. The van der Waals surface area contributed by atoms with Crippen LogP contribution in [-0.4, -0.2) is 20.6 Å². The third-order valence-corrected chi connectivity index (χ3v) is 3.01. The lowest BCUT2D eigenvalue weighted by atomic mass is 10.3. The molecule has 0 bridgehead atoms. The first kappa shape index (κ1) is 9.92. The second-order valence-corrected chi connectivity index (χ2v) is 4.32. The first-order valence-corrected chi connectivity index (χ1v) is 5.32. The minimum Gasteiger partial charge on any atom is -0.476 e. The van der Waals surface area contributed by atoms with Crippen LogP contribution in [0, 0.1) is 6.92 Å². The third-order valence-electron chi connectivity index (χ3n) is 1.98. The van der Waals surface area contributed by atoms with E-state index in [9.17, 15) is 4.79 Å². The number of aromatic nitrogens is 2. The predicted molar refractivity (Wildman–Crippen MR) is 57.3 cm³/mol. The van der Waals surface area contributed by atoms with E-state index in [2.05, 4.69) is 16.4 Å². The molecule has 15 heavy (non-hydrogen) atoms. The zero-order chi connectivity index (χ0) is 10.8. The summed E-state index contributed by atoms with van der Waals surface area (Å²) in [6.07, 6.45) is 3.08. The van der Waals surface area contributed by atoms with Crippen LogP contribution < -0.4 is 0 Å². The van der Waals surface area contributed by atoms with E-state index >= 15 is 0 Å². The molecular formula is C10H10N2O2S. The van der Waals surface area contributed by atoms with Crippen molar-refractivity contribution in [3.05, 3.63) is 40.1 Å². The van der Waals surface area contributed by atoms with Gasteiger partial charge in [0.15, 0.2) is 5.69 Å². The van der Waals surface area contributed by atoms with Gasteiger partial charge in [0.1, 0.15) is 0 Å². The van der Waals surface area contributed by atoms with E-state index in [1.807, 2.05) is 6.92 Å². The minimum absolute atomic E-state index is 0.0864. The molecule has 0 fully saturated rings. The molecule has 0 aliphatic carbocycles. The Morgan fingerprint density at radius 2 is 2.47 bits per heavy atom. The van der Waals surface area contributed by atoms with Gasteiger partial charge in [-0.1, -0.05) is 0 Å². The van der Waals surface area contributed by atoms with Gasteiger partial charge >= 0.3 is 5.97 Å². The predicted octanol–water partition coefficient (Wildman–Crippen LogP) is 2.00. The van der Waals surface area contributed by atoms with Crippen molar-refractivity contribution in [1.82, 2.24) is 9.55 Å². The fourth-order valence-electron chi connectivity index (χ4n) is 1.31. The van der Waals surface area contributed by atoms with Crippen LogP contribution >= 0.6 is 11.3 Å². The van der Waals surface area contributed by atoms with Gasteiger partial charge in [0, 0.05) is 11.1 Å². The highest BCUT2D eigenvalue weighted by Gasteiger charge is 2.06. The maximum absolute atomic E-state index is 10.6. The summed E-state index contributed by atoms with van der Waals surface area (Å²) < 4.78 is 1.77. The van der Waals surface area contributed by atoms with Gasteiger partial charge in [-0.05, 0) is 23.9 Å². The van der Waals surface area contributed by atoms with Crippen LogP contribution in [0.1, 0.15) is 20.9 Å². The van der Waals surface area contributed by atoms with Crippen molar-refractivity contribution in [3.8, 4) is 0 Å². The Labute approximate surface area is 90.8 Å². The highest BCUT2D eigenvalue weighted by Crippen LogP contribution is 2.15. The van der Waals surface area contributed by atoms with Crippen LogP contribution in [0.5, 0.6) is 0 Å². The van der Waals surface area contributed by atoms with Crippen molar-refractivity contribution in [2.45, 2.75) is 13.5 Å². The number of aryl methyl sites for hydroxylation is 1. The molecule has 0 amide bonds. The van der Waals surface area contributed by atoms with Gasteiger partial charge < -0.3 is 9.67 Å². The molecule has 0 saturated carbocycles. The van der Waals surface area contributed by atoms with Gasteiger partial charge in [-0.3, -0.25) is 0 Å². The van der Waals surface area contributed by atoms with Gasteiger partial charge in [-0.25, -0.2) is 9.78 Å². The summed E-state index contributed by atoms with van der Waals surface area (Å²) in [6.45, 7) is 2.72. The second kappa shape index (κ2) is 3.86. The van der Waals surface area contributed by atoms with Crippen LogP contribution in [-0.2, 0) is 6.54 Å². The van der Waals surface area contributed by atoms with Crippen molar-refractivity contribution in [1.29, 1.82) is 0 Å². The quantitative estimate of drug-likeness (QED) is 0.864. The summed E-state index contributed by atoms with van der Waals surface area (Å²) in [5.41, 5.74) is 1.32. The molecule has 0 spiro atoms. The number of aromatic carboxylic acids is 1. The third kappa shape index (κ3) is 2.24. The average molecular weight is 222 g/mol. The minimum atomic E-state index is -0.990. The SMILES string of the molecule is Cc1csc(Cn2cnc(C(=O)O)c2)c1. The molecule has 0 saturated heterocycles. The molecule has 5 heteroatoms. The number of carbonyl (C=O) groups is 1. The summed E-state index contributed by atoms with van der Waals surface area (Å²) in [6, 6.07) is 2.09. The van der Waals surface area contributed by atoms with E-state index in [1.54, 1.807) is 22.2 Å². The van der Waals surface area contributed by atoms with E-state index < -0.39 is 5.97 Å². The summed E-state index contributed by atoms with van der Waals surface area (Å²) >= 11 is 1.67. The maximum Gasteiger partial charge on any atom is 0.356 e. The van der Waals surface area contributed by atoms with Crippen molar-refractivity contribution >= 4 is 17.3 Å². The van der Waals surface area contributed by atoms with Gasteiger partial charge in [-0.2, -0.15) is 0 Å². The zero-order valence-corrected chi connectivity index (χ0v) is 8.99. The molecule has 0 aliphatic heterocycles. The largest absolute Gasteiger partial charge is 0.476 e. The van der Waals surface area contributed by atoms with Gasteiger partial charge in [0.2, 0.25) is 0 Å². The van der Waals surface area contributed by atoms with E-state index in [0.29, 0.717) is 6.54 Å². The van der Waals surface area contributed by atoms with E-state index in [-0.39, 0.29) is 5.69 Å². The number of thiophene rings is 1. The molecule has 0 radical (unpaired) electrons. The van der Waals surface area contributed by atoms with Crippen molar-refractivity contribution < 1.29 is 9.90 Å². The normalized spacial score (nSPS) is 10.5. The van der Waals surface area contributed by atoms with Crippen molar-refractivity contribution in [2.24, 2.45) is 0 Å². The Kier molecular flexibility index (Phi) is 2.55. The number of nitrogens with zero attached hydrogens (tertiary/aromatic N) is 2.